The molecule has 0 aliphatic rings. The Hall–Kier alpha value is -2.00. The first-order chi connectivity index (χ1) is 11.2. The molecule has 0 aliphatic heterocycles. The van der Waals surface area contributed by atoms with Gasteiger partial charge in [0.2, 0.25) is 0 Å². The van der Waals surface area contributed by atoms with Crippen molar-refractivity contribution >= 4 is 0 Å². The molecule has 0 amide bonds. The molecule has 0 aromatic heterocycles. The molecule has 3 heteroatoms. The molecular formula is C20H26NO2. The van der Waals surface area contributed by atoms with E-state index in [2.05, 4.69) is 49.7 Å². The van der Waals surface area contributed by atoms with E-state index in [1.54, 1.807) is 7.11 Å². The van der Waals surface area contributed by atoms with Crippen molar-refractivity contribution in [3.05, 3.63) is 66.1 Å². The summed E-state index contributed by atoms with van der Waals surface area (Å²) in [5.41, 5.74) is 2.52. The highest BCUT2D eigenvalue weighted by atomic mass is 16.5. The third kappa shape index (κ3) is 5.95. The normalized spacial score (nSPS) is 10.8. The monoisotopic (exact) mass is 312 g/mol. The Morgan fingerprint density at radius 2 is 1.83 bits per heavy atom. The van der Waals surface area contributed by atoms with Gasteiger partial charge in [0.25, 0.3) is 0 Å². The molecule has 2 aromatic rings. The van der Waals surface area contributed by atoms with Gasteiger partial charge in [-0.15, -0.1) is 0 Å². The lowest BCUT2D eigenvalue weighted by molar-refractivity contribution is 0.324. The molecule has 23 heavy (non-hydrogen) atoms. The third-order valence-corrected chi connectivity index (χ3v) is 3.64. The Kier molecular flexibility index (Phi) is 6.95. The number of methoxy groups -OCH3 is 1. The Morgan fingerprint density at radius 1 is 1.00 bits per heavy atom. The number of hydrogen-bond acceptors (Lipinski definition) is 3. The molecule has 0 saturated carbocycles. The fraction of sp³-hybridized carbons (Fsp3) is 0.350. The minimum atomic E-state index is 0.633. The molecule has 2 aromatic carbocycles. The van der Waals surface area contributed by atoms with Gasteiger partial charge in [0.15, 0.2) is 0 Å². The highest BCUT2D eigenvalue weighted by molar-refractivity contribution is 5.35. The first-order valence-electron chi connectivity index (χ1n) is 7.99. The lowest BCUT2D eigenvalue weighted by Gasteiger charge is -2.13. The summed E-state index contributed by atoms with van der Waals surface area (Å²) in [6.07, 6.45) is 4.06. The van der Waals surface area contributed by atoms with Crippen LogP contribution in [0.5, 0.6) is 11.5 Å². The van der Waals surface area contributed by atoms with E-state index in [-0.39, 0.29) is 0 Å². The van der Waals surface area contributed by atoms with E-state index in [0.717, 1.165) is 30.9 Å². The Labute approximate surface area is 139 Å². The van der Waals surface area contributed by atoms with Crippen LogP contribution in [0.1, 0.15) is 11.1 Å². The number of benzene rings is 2. The van der Waals surface area contributed by atoms with Crippen LogP contribution in [0.15, 0.2) is 48.5 Å². The van der Waals surface area contributed by atoms with E-state index < -0.39 is 0 Å². The molecule has 0 atom stereocenters. The second-order valence-electron chi connectivity index (χ2n) is 5.82. The van der Waals surface area contributed by atoms with Crippen LogP contribution in [0, 0.1) is 6.42 Å². The van der Waals surface area contributed by atoms with Crippen molar-refractivity contribution in [2.75, 3.05) is 34.4 Å². The summed E-state index contributed by atoms with van der Waals surface area (Å²) < 4.78 is 11.2. The van der Waals surface area contributed by atoms with Crippen LogP contribution in [0.3, 0.4) is 0 Å². The molecule has 0 spiro atoms. The molecule has 0 saturated heterocycles. The Morgan fingerprint density at radius 3 is 2.61 bits per heavy atom. The van der Waals surface area contributed by atoms with Crippen molar-refractivity contribution in [2.45, 2.75) is 12.8 Å². The second-order valence-corrected chi connectivity index (χ2v) is 5.82. The minimum absolute atomic E-state index is 0.633. The lowest BCUT2D eigenvalue weighted by atomic mass is 10.0. The summed E-state index contributed by atoms with van der Waals surface area (Å²) in [4.78, 5) is 2.12. The number of hydrogen-bond donors (Lipinski definition) is 0. The number of ether oxygens (including phenoxy) is 2. The van der Waals surface area contributed by atoms with Crippen molar-refractivity contribution in [2.24, 2.45) is 0 Å². The van der Waals surface area contributed by atoms with Gasteiger partial charge in [0.1, 0.15) is 11.5 Å². The van der Waals surface area contributed by atoms with Crippen LogP contribution < -0.4 is 9.47 Å². The van der Waals surface area contributed by atoms with E-state index in [4.69, 9.17) is 9.47 Å². The average Bonchev–Trinajstić information content (AvgIpc) is 2.57. The summed E-state index contributed by atoms with van der Waals surface area (Å²) >= 11 is 0. The quantitative estimate of drug-likeness (QED) is 0.660. The zero-order valence-electron chi connectivity index (χ0n) is 14.3. The summed E-state index contributed by atoms with van der Waals surface area (Å²) in [5, 5.41) is 0. The number of rotatable bonds is 9. The molecule has 123 valence electrons. The summed E-state index contributed by atoms with van der Waals surface area (Å²) in [6.45, 7) is 1.56. The van der Waals surface area contributed by atoms with Gasteiger partial charge in [-0.05, 0) is 56.3 Å². The van der Waals surface area contributed by atoms with Gasteiger partial charge in [0, 0.05) is 13.0 Å². The zero-order chi connectivity index (χ0) is 16.5. The molecule has 0 N–H and O–H groups in total. The number of para-hydroxylation sites is 1. The predicted octanol–water partition coefficient (Wildman–Crippen LogP) is 3.63. The van der Waals surface area contributed by atoms with E-state index >= 15 is 0 Å². The van der Waals surface area contributed by atoms with E-state index in [0.29, 0.717) is 6.61 Å². The SMILES string of the molecule is COc1cccc(CCc2ccccc2OC[CH]CN(C)C)c1. The van der Waals surface area contributed by atoms with Crippen LogP contribution in [-0.2, 0) is 12.8 Å². The summed E-state index contributed by atoms with van der Waals surface area (Å²) in [6, 6.07) is 16.5. The first kappa shape index (κ1) is 17.4. The third-order valence-electron chi connectivity index (χ3n) is 3.64. The van der Waals surface area contributed by atoms with Gasteiger partial charge in [-0.25, -0.2) is 0 Å². The molecule has 3 nitrogen and oxygen atoms in total. The highest BCUT2D eigenvalue weighted by Gasteiger charge is 2.04. The maximum Gasteiger partial charge on any atom is 0.122 e. The fourth-order valence-electron chi connectivity index (χ4n) is 2.42. The molecule has 0 aliphatic carbocycles. The summed E-state index contributed by atoms with van der Waals surface area (Å²) in [7, 11) is 5.81. The average molecular weight is 312 g/mol. The van der Waals surface area contributed by atoms with E-state index in [1.807, 2.05) is 24.3 Å². The maximum atomic E-state index is 5.91. The van der Waals surface area contributed by atoms with Crippen molar-refractivity contribution in [3.63, 3.8) is 0 Å². The predicted molar refractivity (Wildman–Crippen MR) is 95.2 cm³/mol. The van der Waals surface area contributed by atoms with Crippen molar-refractivity contribution in [3.8, 4) is 11.5 Å². The van der Waals surface area contributed by atoms with Gasteiger partial charge in [-0.2, -0.15) is 0 Å². The minimum Gasteiger partial charge on any atom is -0.497 e. The number of nitrogens with zero attached hydrogens (tertiary/aromatic N) is 1. The van der Waals surface area contributed by atoms with Crippen LogP contribution in [0.25, 0.3) is 0 Å². The Bertz CT molecular complexity index is 596. The summed E-state index contributed by atoms with van der Waals surface area (Å²) in [5.74, 6) is 1.88. The van der Waals surface area contributed by atoms with Crippen molar-refractivity contribution < 1.29 is 9.47 Å². The molecule has 0 unspecified atom stereocenters. The van der Waals surface area contributed by atoms with Crippen molar-refractivity contribution in [1.29, 1.82) is 0 Å². The second kappa shape index (κ2) is 9.21. The van der Waals surface area contributed by atoms with Gasteiger partial charge < -0.3 is 14.4 Å². The van der Waals surface area contributed by atoms with Gasteiger partial charge in [-0.3, -0.25) is 0 Å². The molecule has 0 fully saturated rings. The lowest BCUT2D eigenvalue weighted by Crippen LogP contribution is -2.16. The van der Waals surface area contributed by atoms with Crippen LogP contribution in [0.4, 0.5) is 0 Å². The molecule has 0 bridgehead atoms. The smallest absolute Gasteiger partial charge is 0.122 e. The van der Waals surface area contributed by atoms with E-state index in [9.17, 15) is 0 Å². The topological polar surface area (TPSA) is 21.7 Å². The molecule has 1 radical (unpaired) electrons. The van der Waals surface area contributed by atoms with Gasteiger partial charge >= 0.3 is 0 Å². The highest BCUT2D eigenvalue weighted by Crippen LogP contribution is 2.21. The van der Waals surface area contributed by atoms with Crippen molar-refractivity contribution in [1.82, 2.24) is 4.90 Å². The Balaban J connectivity index is 1.91. The fourth-order valence-corrected chi connectivity index (χ4v) is 2.42. The maximum absolute atomic E-state index is 5.91. The van der Waals surface area contributed by atoms with Crippen LogP contribution in [-0.4, -0.2) is 39.3 Å². The van der Waals surface area contributed by atoms with Gasteiger partial charge in [-0.1, -0.05) is 30.3 Å². The molecule has 0 heterocycles. The standard InChI is InChI=1S/C20H26NO2/c1-21(2)14-7-15-23-20-11-5-4-9-18(20)13-12-17-8-6-10-19(16-17)22-3/h4-11,16H,12-15H2,1-3H3. The van der Waals surface area contributed by atoms with Gasteiger partial charge in [0.05, 0.1) is 13.7 Å². The largest absolute Gasteiger partial charge is 0.497 e. The van der Waals surface area contributed by atoms with Crippen LogP contribution >= 0.6 is 0 Å². The van der Waals surface area contributed by atoms with E-state index in [1.165, 1.54) is 11.1 Å². The number of aryl methyl sites for hydroxylation is 2. The molecule has 2 rings (SSSR count). The van der Waals surface area contributed by atoms with Crippen LogP contribution in [0.2, 0.25) is 0 Å². The zero-order valence-corrected chi connectivity index (χ0v) is 14.3. The first-order valence-corrected chi connectivity index (χ1v) is 7.99. The molecular weight excluding hydrogens is 286 g/mol.